The number of aliphatic hydroxyl groups is 1. The summed E-state index contributed by atoms with van der Waals surface area (Å²) in [7, 11) is 1.70. The number of carbonyl (C=O) groups is 1. The molecule has 0 spiro atoms. The summed E-state index contributed by atoms with van der Waals surface area (Å²) in [6.07, 6.45) is 10.3. The minimum atomic E-state index is -0.615. The molecule has 4 saturated carbocycles. The molecule has 4 aliphatic rings. The van der Waals surface area contributed by atoms with Crippen LogP contribution in [0.3, 0.4) is 0 Å². The number of ketones is 1. The number of ether oxygens (including phenoxy) is 1. The van der Waals surface area contributed by atoms with Crippen LogP contribution in [0.15, 0.2) is 0 Å². The van der Waals surface area contributed by atoms with Crippen LogP contribution in [0, 0.1) is 40.4 Å². The van der Waals surface area contributed by atoms with Gasteiger partial charge in [-0.2, -0.15) is 0 Å². The number of fused-ring (bicyclic) bond motifs is 5. The van der Waals surface area contributed by atoms with Gasteiger partial charge in [-0.25, -0.2) is 0 Å². The minimum absolute atomic E-state index is 0.223. The molecule has 4 rings (SSSR count). The Hall–Kier alpha value is 0.0700. The number of hydrogen-bond acceptors (Lipinski definition) is 3. The Morgan fingerprint density at radius 2 is 1.78 bits per heavy atom. The van der Waals surface area contributed by atoms with Crippen LogP contribution in [0.2, 0.25) is 0 Å². The largest absolute Gasteiger partial charge is 0.387 e. The van der Waals surface area contributed by atoms with Gasteiger partial charge in [0.1, 0.15) is 5.78 Å². The zero-order valence-corrected chi connectivity index (χ0v) is 18.9. The van der Waals surface area contributed by atoms with Crippen molar-refractivity contribution in [3.8, 4) is 0 Å². The molecule has 8 atom stereocenters. The van der Waals surface area contributed by atoms with Crippen molar-refractivity contribution in [2.24, 2.45) is 40.4 Å². The van der Waals surface area contributed by atoms with E-state index in [1.807, 2.05) is 0 Å². The Morgan fingerprint density at radius 1 is 1.04 bits per heavy atom. The van der Waals surface area contributed by atoms with E-state index in [0.29, 0.717) is 29.1 Å². The molecule has 4 aliphatic carbocycles. The molecule has 0 saturated heterocycles. The first-order valence-electron chi connectivity index (χ1n) is 11.1. The lowest BCUT2D eigenvalue weighted by molar-refractivity contribution is -0.163. The van der Waals surface area contributed by atoms with Gasteiger partial charge in [0, 0.05) is 13.0 Å². The molecule has 1 N–H and O–H groups in total. The summed E-state index contributed by atoms with van der Waals surface area (Å²) >= 11 is 3.43. The van der Waals surface area contributed by atoms with Crippen molar-refractivity contribution < 1.29 is 14.6 Å². The topological polar surface area (TPSA) is 46.5 Å². The van der Waals surface area contributed by atoms with E-state index in [2.05, 4.69) is 29.8 Å². The van der Waals surface area contributed by atoms with E-state index in [-0.39, 0.29) is 11.3 Å². The van der Waals surface area contributed by atoms with Crippen molar-refractivity contribution in [3.63, 3.8) is 0 Å². The van der Waals surface area contributed by atoms with E-state index < -0.39 is 5.60 Å². The van der Waals surface area contributed by atoms with Crippen molar-refractivity contribution in [3.05, 3.63) is 0 Å². The first kappa shape index (κ1) is 20.3. The Morgan fingerprint density at radius 3 is 2.48 bits per heavy atom. The molecule has 0 heterocycles. The second-order valence-electron chi connectivity index (χ2n) is 10.8. The second-order valence-corrected chi connectivity index (χ2v) is 11.4. The minimum Gasteiger partial charge on any atom is -0.387 e. The number of Topliss-reactive ketones (excluding diaryl/α,β-unsaturated/α-hetero) is 1. The van der Waals surface area contributed by atoms with Crippen LogP contribution in [-0.2, 0) is 9.53 Å². The van der Waals surface area contributed by atoms with Gasteiger partial charge in [-0.05, 0) is 92.3 Å². The lowest BCUT2D eigenvalue weighted by Crippen LogP contribution is -2.56. The monoisotopic (exact) mass is 440 g/mol. The number of halogens is 1. The summed E-state index contributed by atoms with van der Waals surface area (Å²) in [4.78, 5) is 12.6. The van der Waals surface area contributed by atoms with E-state index in [9.17, 15) is 9.90 Å². The molecule has 0 aliphatic heterocycles. The van der Waals surface area contributed by atoms with Crippen LogP contribution < -0.4 is 0 Å². The lowest BCUT2D eigenvalue weighted by atomic mass is 9.44. The zero-order valence-electron chi connectivity index (χ0n) is 17.3. The predicted octanol–water partition coefficient (Wildman–Crippen LogP) is 4.99. The van der Waals surface area contributed by atoms with Gasteiger partial charge in [-0.1, -0.05) is 29.8 Å². The van der Waals surface area contributed by atoms with Crippen LogP contribution in [0.25, 0.3) is 0 Å². The Kier molecular flexibility index (Phi) is 5.34. The van der Waals surface area contributed by atoms with Crippen LogP contribution >= 0.6 is 15.9 Å². The fourth-order valence-corrected chi connectivity index (χ4v) is 8.74. The highest BCUT2D eigenvalue weighted by Gasteiger charge is 2.61. The molecule has 0 amide bonds. The number of carbonyl (C=O) groups excluding carboxylic acids is 1. The Bertz CT molecular complexity index is 594. The highest BCUT2D eigenvalue weighted by Crippen LogP contribution is 2.68. The lowest BCUT2D eigenvalue weighted by Gasteiger charge is -2.62. The van der Waals surface area contributed by atoms with Crippen molar-refractivity contribution in [1.29, 1.82) is 0 Å². The van der Waals surface area contributed by atoms with Crippen LogP contribution in [0.4, 0.5) is 0 Å². The fraction of sp³-hybridized carbons (Fsp3) is 0.957. The quantitative estimate of drug-likeness (QED) is 0.626. The molecule has 0 aromatic carbocycles. The first-order valence-corrected chi connectivity index (χ1v) is 12.2. The normalized spacial score (nSPS) is 52.0. The summed E-state index contributed by atoms with van der Waals surface area (Å²) in [6.45, 7) is 5.43. The summed E-state index contributed by atoms with van der Waals surface area (Å²) in [5, 5.41) is 11.5. The summed E-state index contributed by atoms with van der Waals surface area (Å²) < 4.78 is 5.33. The van der Waals surface area contributed by atoms with Gasteiger partial charge in [-0.3, -0.25) is 4.79 Å². The molecule has 3 nitrogen and oxygen atoms in total. The summed E-state index contributed by atoms with van der Waals surface area (Å²) in [5.74, 6) is 3.61. The van der Waals surface area contributed by atoms with Crippen LogP contribution in [0.5, 0.6) is 0 Å². The molecular weight excluding hydrogens is 404 g/mol. The van der Waals surface area contributed by atoms with Gasteiger partial charge in [-0.15, -0.1) is 0 Å². The number of rotatable bonds is 4. The van der Waals surface area contributed by atoms with E-state index in [0.717, 1.165) is 43.4 Å². The Balaban J connectivity index is 1.55. The fourth-order valence-electron chi connectivity index (χ4n) is 8.34. The van der Waals surface area contributed by atoms with Gasteiger partial charge in [0.2, 0.25) is 0 Å². The molecule has 4 heteroatoms. The molecule has 0 aromatic heterocycles. The van der Waals surface area contributed by atoms with E-state index in [1.54, 1.807) is 7.11 Å². The van der Waals surface area contributed by atoms with Crippen molar-refractivity contribution in [1.82, 2.24) is 0 Å². The first-order chi connectivity index (χ1) is 12.8. The molecule has 27 heavy (non-hydrogen) atoms. The summed E-state index contributed by atoms with van der Waals surface area (Å²) in [6, 6.07) is 0. The Labute approximate surface area is 173 Å². The maximum atomic E-state index is 12.6. The van der Waals surface area contributed by atoms with Gasteiger partial charge in [0.25, 0.3) is 0 Å². The van der Waals surface area contributed by atoms with E-state index >= 15 is 0 Å². The predicted molar refractivity (Wildman–Crippen MR) is 111 cm³/mol. The van der Waals surface area contributed by atoms with Crippen LogP contribution in [0.1, 0.15) is 71.6 Å². The number of hydrogen-bond donors (Lipinski definition) is 1. The SMILES string of the molecule is COC[C@@]1(O)CC[C@@]2(C)C(CC[C@H]3[C@@H]4CC[C@H](C(=O)CBr)[C@@]4(C)CC[C@@H]32)C1. The zero-order chi connectivity index (χ0) is 19.4. The molecule has 0 radical (unpaired) electrons. The average molecular weight is 441 g/mol. The molecule has 0 bridgehead atoms. The van der Waals surface area contributed by atoms with Gasteiger partial charge < -0.3 is 9.84 Å². The third kappa shape index (κ3) is 3.08. The maximum absolute atomic E-state index is 12.6. The van der Waals surface area contributed by atoms with Gasteiger partial charge >= 0.3 is 0 Å². The molecule has 0 aromatic rings. The van der Waals surface area contributed by atoms with Crippen molar-refractivity contribution in [2.45, 2.75) is 77.2 Å². The molecule has 1 unspecified atom stereocenters. The van der Waals surface area contributed by atoms with E-state index in [1.165, 1.54) is 32.1 Å². The standard InChI is InChI=1S/C23H37BrO3/c1-21-10-11-23(26,14-27-3)12-15(21)4-5-16-17-6-7-19(20(25)13-24)22(17,2)9-8-18(16)21/h15-19,26H,4-14H2,1-3H3/t15?,16-,17-,18-,19+,21-,22-,23+/m0/s1. The third-order valence-electron chi connectivity index (χ3n) is 9.75. The number of methoxy groups -OCH3 is 1. The average Bonchev–Trinajstić information content (AvgIpc) is 2.99. The number of alkyl halides is 1. The van der Waals surface area contributed by atoms with Gasteiger partial charge in [0.15, 0.2) is 0 Å². The highest BCUT2D eigenvalue weighted by atomic mass is 79.9. The van der Waals surface area contributed by atoms with Crippen molar-refractivity contribution >= 4 is 21.7 Å². The second kappa shape index (κ2) is 7.09. The van der Waals surface area contributed by atoms with Crippen molar-refractivity contribution in [2.75, 3.05) is 19.0 Å². The maximum Gasteiger partial charge on any atom is 0.147 e. The highest BCUT2D eigenvalue weighted by molar-refractivity contribution is 9.09. The third-order valence-corrected chi connectivity index (χ3v) is 10.3. The molecule has 154 valence electrons. The van der Waals surface area contributed by atoms with E-state index in [4.69, 9.17) is 4.74 Å². The molecular formula is C23H37BrO3. The van der Waals surface area contributed by atoms with Gasteiger partial charge in [0.05, 0.1) is 17.5 Å². The smallest absolute Gasteiger partial charge is 0.147 e. The summed E-state index contributed by atoms with van der Waals surface area (Å²) in [5.41, 5.74) is -0.0297. The molecule has 4 fully saturated rings. The van der Waals surface area contributed by atoms with Crippen LogP contribution in [-0.4, -0.2) is 35.5 Å².